The lowest BCUT2D eigenvalue weighted by atomic mass is 10.1. The maximum atomic E-state index is 13.8. The first kappa shape index (κ1) is 22.1. The second kappa shape index (κ2) is 8.66. The van der Waals surface area contributed by atoms with E-state index in [9.17, 15) is 22.4 Å². The number of carbonyl (C=O) groups excluding carboxylic acids is 1. The molecule has 0 saturated carbocycles. The number of pyridine rings is 1. The van der Waals surface area contributed by atoms with Gasteiger partial charge < -0.3 is 19.5 Å². The smallest absolute Gasteiger partial charge is 0.416 e. The van der Waals surface area contributed by atoms with E-state index in [0.717, 1.165) is 12.1 Å². The summed E-state index contributed by atoms with van der Waals surface area (Å²) >= 11 is 0. The molecule has 6 nitrogen and oxygen atoms in total. The molecular weight excluding hydrogens is 420 g/mol. The van der Waals surface area contributed by atoms with E-state index in [1.54, 1.807) is 13.0 Å². The Morgan fingerprint density at radius 3 is 2.48 bits per heavy atom. The zero-order valence-corrected chi connectivity index (χ0v) is 16.8. The van der Waals surface area contributed by atoms with Gasteiger partial charge in [0.25, 0.3) is 5.88 Å². The third-order valence-electron chi connectivity index (χ3n) is 4.55. The first-order valence-electron chi connectivity index (χ1n) is 8.98. The van der Waals surface area contributed by atoms with Crippen molar-refractivity contribution in [2.45, 2.75) is 19.6 Å². The van der Waals surface area contributed by atoms with Crippen molar-refractivity contribution in [1.29, 1.82) is 0 Å². The van der Waals surface area contributed by atoms with Crippen LogP contribution in [0.5, 0.6) is 17.4 Å². The van der Waals surface area contributed by atoms with Crippen molar-refractivity contribution in [2.24, 2.45) is 0 Å². The van der Waals surface area contributed by atoms with Crippen LogP contribution in [0.3, 0.4) is 0 Å². The fraction of sp³-hybridized carbons (Fsp3) is 0.238. The number of alkyl halides is 3. The van der Waals surface area contributed by atoms with E-state index in [0.29, 0.717) is 16.5 Å². The van der Waals surface area contributed by atoms with Gasteiger partial charge in [-0.2, -0.15) is 13.2 Å². The molecule has 0 aliphatic rings. The average Bonchev–Trinajstić information content (AvgIpc) is 2.73. The predicted molar refractivity (Wildman–Crippen MR) is 104 cm³/mol. The highest BCUT2D eigenvalue weighted by Gasteiger charge is 2.31. The predicted octanol–water partition coefficient (Wildman–Crippen LogP) is 5.01. The maximum Gasteiger partial charge on any atom is 0.416 e. The molecule has 31 heavy (non-hydrogen) atoms. The number of fused-ring (bicyclic) bond motifs is 1. The van der Waals surface area contributed by atoms with Crippen LogP contribution in [0.2, 0.25) is 0 Å². The monoisotopic (exact) mass is 438 g/mol. The van der Waals surface area contributed by atoms with Crippen molar-refractivity contribution in [1.82, 2.24) is 10.3 Å². The van der Waals surface area contributed by atoms with Gasteiger partial charge in [0.05, 0.1) is 25.3 Å². The average molecular weight is 438 g/mol. The molecule has 3 rings (SSSR count). The van der Waals surface area contributed by atoms with E-state index in [1.807, 2.05) is 0 Å². The number of aryl methyl sites for hydroxylation is 1. The van der Waals surface area contributed by atoms with Gasteiger partial charge in [-0.25, -0.2) is 14.2 Å². The Morgan fingerprint density at radius 1 is 1.10 bits per heavy atom. The van der Waals surface area contributed by atoms with E-state index in [-0.39, 0.29) is 29.4 Å². The normalized spacial score (nSPS) is 11.3. The van der Waals surface area contributed by atoms with E-state index in [4.69, 9.17) is 14.2 Å². The van der Waals surface area contributed by atoms with Crippen LogP contribution in [0, 0.1) is 12.7 Å². The summed E-state index contributed by atoms with van der Waals surface area (Å²) in [6.07, 6.45) is -5.41. The van der Waals surface area contributed by atoms with Gasteiger partial charge in [0.1, 0.15) is 0 Å². The van der Waals surface area contributed by atoms with Gasteiger partial charge in [0, 0.05) is 23.1 Å². The zero-order valence-electron chi connectivity index (χ0n) is 16.8. The Balaban J connectivity index is 1.86. The molecule has 10 heteroatoms. The maximum absolute atomic E-state index is 13.8. The van der Waals surface area contributed by atoms with E-state index < -0.39 is 23.7 Å². The van der Waals surface area contributed by atoms with Crippen molar-refractivity contribution in [2.75, 3.05) is 14.2 Å². The van der Waals surface area contributed by atoms with Crippen molar-refractivity contribution < 1.29 is 36.6 Å². The van der Waals surface area contributed by atoms with Gasteiger partial charge >= 0.3 is 12.3 Å². The van der Waals surface area contributed by atoms with Crippen LogP contribution in [0.25, 0.3) is 10.9 Å². The van der Waals surface area contributed by atoms with Gasteiger partial charge in [-0.1, -0.05) is 18.2 Å². The first-order chi connectivity index (χ1) is 14.7. The number of para-hydroxylation sites is 1. The van der Waals surface area contributed by atoms with E-state index in [2.05, 4.69) is 10.3 Å². The molecule has 1 heterocycles. The lowest BCUT2D eigenvalue weighted by Crippen LogP contribution is -2.27. The molecule has 0 spiro atoms. The van der Waals surface area contributed by atoms with Crippen molar-refractivity contribution >= 4 is 17.0 Å². The van der Waals surface area contributed by atoms with Crippen LogP contribution in [0.1, 0.15) is 16.7 Å². The Bertz CT molecular complexity index is 1130. The van der Waals surface area contributed by atoms with Gasteiger partial charge in [-0.05, 0) is 25.1 Å². The second-order valence-corrected chi connectivity index (χ2v) is 6.48. The van der Waals surface area contributed by atoms with Crippen LogP contribution < -0.4 is 19.5 Å². The topological polar surface area (TPSA) is 69.7 Å². The van der Waals surface area contributed by atoms with Crippen LogP contribution >= 0.6 is 0 Å². The number of carbonyl (C=O) groups is 1. The molecule has 0 aliphatic heterocycles. The number of methoxy groups -OCH3 is 2. The van der Waals surface area contributed by atoms with Gasteiger partial charge in [-0.15, -0.1) is 0 Å². The minimum atomic E-state index is -4.52. The number of rotatable bonds is 5. The lowest BCUT2D eigenvalue weighted by Gasteiger charge is -2.15. The van der Waals surface area contributed by atoms with Gasteiger partial charge in [0.2, 0.25) is 0 Å². The number of aromatic nitrogens is 1. The summed E-state index contributed by atoms with van der Waals surface area (Å²) in [6, 6.07) is 7.33. The van der Waals surface area contributed by atoms with E-state index in [1.165, 1.54) is 32.4 Å². The summed E-state index contributed by atoms with van der Waals surface area (Å²) in [5.41, 5.74) is -0.0562. The number of hydrogen-bond donors (Lipinski definition) is 1. The highest BCUT2D eigenvalue weighted by atomic mass is 19.4. The quantitative estimate of drug-likeness (QED) is 0.568. The molecule has 0 unspecified atom stereocenters. The van der Waals surface area contributed by atoms with Crippen LogP contribution in [-0.4, -0.2) is 25.3 Å². The molecule has 0 atom stereocenters. The molecule has 2 aromatic carbocycles. The number of hydrogen-bond acceptors (Lipinski definition) is 5. The molecule has 1 amide bonds. The Hall–Kier alpha value is -3.56. The molecule has 1 aromatic heterocycles. The summed E-state index contributed by atoms with van der Waals surface area (Å²) in [7, 11) is 2.56. The molecule has 0 aliphatic carbocycles. The molecule has 0 bridgehead atoms. The van der Waals surface area contributed by atoms with Crippen LogP contribution in [0.15, 0.2) is 36.4 Å². The molecule has 1 N–H and O–H groups in total. The SMILES string of the molecule is COc1nc2cc(C(F)(F)F)ccc2c(C)c1OC(=O)NCc1cccc(F)c1OC. The van der Waals surface area contributed by atoms with Crippen LogP contribution in [-0.2, 0) is 12.7 Å². The number of amides is 1. The standard InChI is InChI=1S/C21H18F4N2O4/c1-11-14-8-7-13(21(23,24)25)9-16(14)27-19(30-3)17(11)31-20(28)26-10-12-5-4-6-15(22)18(12)29-2/h4-9H,10H2,1-3H3,(H,26,28). The summed E-state index contributed by atoms with van der Waals surface area (Å²) in [5, 5.41) is 2.83. The third-order valence-corrected chi connectivity index (χ3v) is 4.55. The third kappa shape index (κ3) is 4.62. The minimum Gasteiger partial charge on any atom is -0.493 e. The summed E-state index contributed by atoms with van der Waals surface area (Å²) in [4.78, 5) is 16.4. The molecule has 0 saturated heterocycles. The molecule has 3 aromatic rings. The number of halogens is 4. The molecule has 0 fully saturated rings. The summed E-state index contributed by atoms with van der Waals surface area (Å²) in [6.45, 7) is 1.48. The van der Waals surface area contributed by atoms with Crippen molar-refractivity contribution in [3.05, 3.63) is 58.9 Å². The highest BCUT2D eigenvalue weighted by Crippen LogP contribution is 2.37. The molecule has 164 valence electrons. The zero-order chi connectivity index (χ0) is 22.8. The van der Waals surface area contributed by atoms with Gasteiger partial charge in [-0.3, -0.25) is 0 Å². The highest BCUT2D eigenvalue weighted by molar-refractivity contribution is 5.87. The lowest BCUT2D eigenvalue weighted by molar-refractivity contribution is -0.137. The van der Waals surface area contributed by atoms with E-state index >= 15 is 0 Å². The minimum absolute atomic E-state index is 0.00981. The molecular formula is C21H18F4N2O4. The number of nitrogens with zero attached hydrogens (tertiary/aromatic N) is 1. The number of ether oxygens (including phenoxy) is 3. The number of nitrogens with one attached hydrogen (secondary N) is 1. The van der Waals surface area contributed by atoms with Crippen molar-refractivity contribution in [3.8, 4) is 17.4 Å². The second-order valence-electron chi connectivity index (χ2n) is 6.48. The summed E-state index contributed by atoms with van der Waals surface area (Å²) in [5.74, 6) is -0.782. The Morgan fingerprint density at radius 2 is 1.84 bits per heavy atom. The van der Waals surface area contributed by atoms with Crippen LogP contribution in [0.4, 0.5) is 22.4 Å². The number of benzene rings is 2. The first-order valence-corrected chi connectivity index (χ1v) is 8.98. The molecule has 0 radical (unpaired) electrons. The largest absolute Gasteiger partial charge is 0.493 e. The Labute approximate surface area is 174 Å². The Kier molecular flexibility index (Phi) is 6.19. The fourth-order valence-electron chi connectivity index (χ4n) is 3.04. The van der Waals surface area contributed by atoms with Crippen molar-refractivity contribution in [3.63, 3.8) is 0 Å². The van der Waals surface area contributed by atoms with Gasteiger partial charge in [0.15, 0.2) is 17.3 Å². The summed E-state index contributed by atoms with van der Waals surface area (Å²) < 4.78 is 68.1. The fourth-order valence-corrected chi connectivity index (χ4v) is 3.04.